The van der Waals surface area contributed by atoms with Gasteiger partial charge in [-0.1, -0.05) is 5.16 Å². The molecule has 0 spiro atoms. The molecule has 0 aliphatic carbocycles. The molecule has 2 amide bonds. The first-order valence-corrected chi connectivity index (χ1v) is 9.97. The number of nitrogens with zero attached hydrogens (tertiary/aromatic N) is 5. The molecule has 0 atom stereocenters. The fraction of sp³-hybridized carbons (Fsp3) is 0.300. The average molecular weight is 481 g/mol. The first-order valence-electron chi connectivity index (χ1n) is 9.97. The molecule has 2 aromatic heterocycles. The van der Waals surface area contributed by atoms with Gasteiger partial charge in [0.25, 0.3) is 5.91 Å². The summed E-state index contributed by atoms with van der Waals surface area (Å²) >= 11 is 0. The third-order valence-electron chi connectivity index (χ3n) is 4.69. The highest BCUT2D eigenvalue weighted by atomic mass is 19.4. The molecule has 0 fully saturated rings. The molecule has 14 heteroatoms. The van der Waals surface area contributed by atoms with Gasteiger partial charge < -0.3 is 20.1 Å². The number of nitrogens with two attached hydrogens (primary N) is 1. The van der Waals surface area contributed by atoms with Crippen molar-refractivity contribution in [3.05, 3.63) is 53.8 Å². The van der Waals surface area contributed by atoms with Crippen LogP contribution in [0.5, 0.6) is 0 Å². The Bertz CT molecular complexity index is 1160. The van der Waals surface area contributed by atoms with Crippen LogP contribution in [0, 0.1) is 6.92 Å². The number of carbonyl (C=O) groups excluding carboxylic acids is 2. The number of imidazole rings is 1. The third kappa shape index (κ3) is 5.64. The molecule has 0 aliphatic rings. The molecule has 0 saturated heterocycles. The van der Waals surface area contributed by atoms with Crippen molar-refractivity contribution in [1.82, 2.24) is 19.8 Å². The zero-order valence-electron chi connectivity index (χ0n) is 18.2. The molecule has 11 nitrogen and oxygen atoms in total. The van der Waals surface area contributed by atoms with Crippen LogP contribution < -0.4 is 16.0 Å². The number of carbonyl (C=O) groups is 2. The van der Waals surface area contributed by atoms with E-state index < -0.39 is 24.7 Å². The van der Waals surface area contributed by atoms with Gasteiger partial charge in [0.05, 0.1) is 12.9 Å². The molecule has 4 N–H and O–H groups in total. The Hall–Kier alpha value is -4.07. The SMILES string of the molecule is CCN(c1ccc(NC(=O)Cn2cnc(N)c2C(=O)N(O)Cc2cc(C)on2)cc1)C(F)(F)F. The molecule has 34 heavy (non-hydrogen) atoms. The summed E-state index contributed by atoms with van der Waals surface area (Å²) in [4.78, 5) is 29.2. The fourth-order valence-corrected chi connectivity index (χ4v) is 3.18. The average Bonchev–Trinajstić information content (AvgIpc) is 3.33. The van der Waals surface area contributed by atoms with E-state index in [0.717, 1.165) is 10.9 Å². The van der Waals surface area contributed by atoms with Crippen molar-refractivity contribution >= 4 is 29.0 Å². The minimum absolute atomic E-state index is 0.0754. The van der Waals surface area contributed by atoms with Gasteiger partial charge in [-0.25, -0.2) is 10.0 Å². The second kappa shape index (κ2) is 9.82. The van der Waals surface area contributed by atoms with E-state index in [4.69, 9.17) is 10.3 Å². The lowest BCUT2D eigenvalue weighted by atomic mass is 10.2. The van der Waals surface area contributed by atoms with Gasteiger partial charge in [0.1, 0.15) is 18.0 Å². The van der Waals surface area contributed by atoms with Crippen LogP contribution in [-0.2, 0) is 17.9 Å². The van der Waals surface area contributed by atoms with Crippen LogP contribution in [0.2, 0.25) is 0 Å². The highest BCUT2D eigenvalue weighted by Crippen LogP contribution is 2.29. The maximum atomic E-state index is 13.0. The van der Waals surface area contributed by atoms with Crippen LogP contribution >= 0.6 is 0 Å². The molecule has 0 bridgehead atoms. The van der Waals surface area contributed by atoms with Crippen LogP contribution in [0.1, 0.15) is 28.9 Å². The molecule has 0 aliphatic heterocycles. The summed E-state index contributed by atoms with van der Waals surface area (Å²) in [6.07, 6.45) is -3.38. The number of alkyl halides is 3. The van der Waals surface area contributed by atoms with E-state index in [1.807, 2.05) is 0 Å². The zero-order valence-corrected chi connectivity index (χ0v) is 18.2. The second-order valence-corrected chi connectivity index (χ2v) is 7.21. The van der Waals surface area contributed by atoms with Gasteiger partial charge in [-0.05, 0) is 38.1 Å². The number of aryl methyl sites for hydroxylation is 1. The van der Waals surface area contributed by atoms with Crippen molar-refractivity contribution in [3.63, 3.8) is 0 Å². The largest absolute Gasteiger partial charge is 0.484 e. The Morgan fingerprint density at radius 2 is 1.94 bits per heavy atom. The maximum absolute atomic E-state index is 13.0. The normalized spacial score (nSPS) is 11.4. The van der Waals surface area contributed by atoms with E-state index in [9.17, 15) is 28.0 Å². The summed E-state index contributed by atoms with van der Waals surface area (Å²) < 4.78 is 45.1. The number of amides is 2. The van der Waals surface area contributed by atoms with Crippen molar-refractivity contribution < 1.29 is 32.5 Å². The van der Waals surface area contributed by atoms with Crippen LogP contribution in [0.15, 0.2) is 41.2 Å². The molecule has 182 valence electrons. The molecule has 3 aromatic rings. The molecule has 0 radical (unpaired) electrons. The number of hydroxylamine groups is 2. The van der Waals surface area contributed by atoms with E-state index in [1.54, 1.807) is 6.92 Å². The van der Waals surface area contributed by atoms with Crippen LogP contribution in [0.4, 0.5) is 30.4 Å². The Morgan fingerprint density at radius 3 is 2.50 bits per heavy atom. The van der Waals surface area contributed by atoms with Gasteiger partial charge in [-0.2, -0.15) is 13.2 Å². The highest BCUT2D eigenvalue weighted by molar-refractivity contribution is 5.97. The minimum Gasteiger partial charge on any atom is -0.382 e. The van der Waals surface area contributed by atoms with Gasteiger partial charge in [0, 0.05) is 24.0 Å². The second-order valence-electron chi connectivity index (χ2n) is 7.21. The number of nitrogen functional groups attached to an aromatic ring is 1. The quantitative estimate of drug-likeness (QED) is 0.253. The Balaban J connectivity index is 1.67. The molecule has 0 saturated carbocycles. The molecule has 3 rings (SSSR count). The van der Waals surface area contributed by atoms with Gasteiger partial charge in [-0.15, -0.1) is 0 Å². The Labute approximate surface area is 191 Å². The monoisotopic (exact) mass is 481 g/mol. The standard InChI is InChI=1S/C20H22F3N7O4/c1-3-29(20(21,22)23)15-6-4-13(5-7-15)26-16(31)10-28-11-25-18(24)17(28)19(32)30(33)9-14-8-12(2)34-27-14/h4-8,11,33H,3,9-10,24H2,1-2H3,(H,26,31). The van der Waals surface area contributed by atoms with E-state index in [1.165, 1.54) is 37.3 Å². The summed E-state index contributed by atoms with van der Waals surface area (Å²) in [7, 11) is 0. The molecule has 2 heterocycles. The molecule has 0 unspecified atom stereocenters. The fourth-order valence-electron chi connectivity index (χ4n) is 3.18. The predicted octanol–water partition coefficient (Wildman–Crippen LogP) is 2.78. The lowest BCUT2D eigenvalue weighted by Crippen LogP contribution is -2.37. The van der Waals surface area contributed by atoms with Crippen molar-refractivity contribution in [2.75, 3.05) is 22.5 Å². The van der Waals surface area contributed by atoms with Gasteiger partial charge in [0.15, 0.2) is 11.5 Å². The topological polar surface area (TPSA) is 143 Å². The number of hydrogen-bond donors (Lipinski definition) is 3. The summed E-state index contributed by atoms with van der Waals surface area (Å²) in [5, 5.41) is 16.7. The lowest BCUT2D eigenvalue weighted by molar-refractivity contribution is -0.128. The van der Waals surface area contributed by atoms with Crippen LogP contribution in [0.3, 0.4) is 0 Å². The van der Waals surface area contributed by atoms with E-state index in [0.29, 0.717) is 16.5 Å². The number of aromatic nitrogens is 3. The minimum atomic E-state index is -4.53. The molecular formula is C20H22F3N7O4. The van der Waals surface area contributed by atoms with Gasteiger partial charge >= 0.3 is 6.30 Å². The number of halogens is 3. The number of benzene rings is 1. The number of rotatable bonds is 8. The van der Waals surface area contributed by atoms with Gasteiger partial charge in [0.2, 0.25) is 5.91 Å². The molecular weight excluding hydrogens is 459 g/mol. The highest BCUT2D eigenvalue weighted by Gasteiger charge is 2.36. The van der Waals surface area contributed by atoms with Crippen LogP contribution in [-0.4, -0.2) is 49.6 Å². The summed E-state index contributed by atoms with van der Waals surface area (Å²) in [5.41, 5.74) is 5.99. The lowest BCUT2D eigenvalue weighted by Gasteiger charge is -2.25. The van der Waals surface area contributed by atoms with Crippen molar-refractivity contribution in [2.24, 2.45) is 0 Å². The Morgan fingerprint density at radius 1 is 1.26 bits per heavy atom. The number of nitrogens with one attached hydrogen (secondary N) is 1. The number of hydrogen-bond acceptors (Lipinski definition) is 8. The Kier molecular flexibility index (Phi) is 7.10. The maximum Gasteiger partial charge on any atom is 0.484 e. The first kappa shape index (κ1) is 24.6. The van der Waals surface area contributed by atoms with Crippen LogP contribution in [0.25, 0.3) is 0 Å². The van der Waals surface area contributed by atoms with Gasteiger partial charge in [-0.3, -0.25) is 19.7 Å². The van der Waals surface area contributed by atoms with E-state index in [-0.39, 0.29) is 40.9 Å². The van der Waals surface area contributed by atoms with Crippen molar-refractivity contribution in [1.29, 1.82) is 0 Å². The summed E-state index contributed by atoms with van der Waals surface area (Å²) in [6.45, 7) is 2.07. The number of anilines is 3. The van der Waals surface area contributed by atoms with E-state index in [2.05, 4.69) is 15.5 Å². The van der Waals surface area contributed by atoms with Crippen molar-refractivity contribution in [2.45, 2.75) is 33.2 Å². The molecule has 1 aromatic carbocycles. The third-order valence-corrected chi connectivity index (χ3v) is 4.69. The first-order chi connectivity index (χ1) is 16.0. The smallest absolute Gasteiger partial charge is 0.382 e. The zero-order chi connectivity index (χ0) is 25.0. The predicted molar refractivity (Wildman–Crippen MR) is 114 cm³/mol. The van der Waals surface area contributed by atoms with Crippen molar-refractivity contribution in [3.8, 4) is 0 Å². The summed E-state index contributed by atoms with van der Waals surface area (Å²) in [5.74, 6) is -1.23. The summed E-state index contributed by atoms with van der Waals surface area (Å²) in [6, 6.07) is 6.64. The van der Waals surface area contributed by atoms with E-state index >= 15 is 0 Å².